The van der Waals surface area contributed by atoms with Crippen molar-refractivity contribution in [3.8, 4) is 0 Å². The molecule has 0 aromatic heterocycles. The number of carbonyl (C=O) groups is 2. The fourth-order valence-electron chi connectivity index (χ4n) is 1.57. The molecule has 7 heteroatoms. The third-order valence-electron chi connectivity index (χ3n) is 2.63. The van der Waals surface area contributed by atoms with Crippen LogP contribution >= 0.6 is 22.6 Å². The van der Waals surface area contributed by atoms with Gasteiger partial charge in [0.15, 0.2) is 0 Å². The first kappa shape index (κ1) is 16.7. The lowest BCUT2D eigenvalue weighted by molar-refractivity contribution is -0.139. The van der Waals surface area contributed by atoms with Crippen LogP contribution in [-0.4, -0.2) is 23.1 Å². The van der Waals surface area contributed by atoms with Crippen LogP contribution in [0.2, 0.25) is 0 Å². The van der Waals surface area contributed by atoms with Crippen LogP contribution in [0, 0.1) is 9.39 Å². The Morgan fingerprint density at radius 2 is 2.15 bits per heavy atom. The van der Waals surface area contributed by atoms with E-state index in [0.717, 1.165) is 6.42 Å². The molecule has 1 rings (SSSR count). The summed E-state index contributed by atoms with van der Waals surface area (Å²) in [6, 6.07) is 2.40. The van der Waals surface area contributed by atoms with Crippen molar-refractivity contribution in [2.75, 3.05) is 5.32 Å². The summed E-state index contributed by atoms with van der Waals surface area (Å²) in [5.41, 5.74) is 0.434. The number of benzene rings is 1. The molecule has 0 aliphatic carbocycles. The van der Waals surface area contributed by atoms with Crippen molar-refractivity contribution in [3.63, 3.8) is 0 Å². The quantitative estimate of drug-likeness (QED) is 0.649. The van der Waals surface area contributed by atoms with Crippen molar-refractivity contribution in [1.82, 2.24) is 5.32 Å². The molecule has 0 heterocycles. The highest BCUT2D eigenvalue weighted by Gasteiger charge is 2.19. The Bertz CT molecular complexity index is 497. The number of carboxylic acid groups (broad SMARTS) is 1. The van der Waals surface area contributed by atoms with Crippen LogP contribution in [-0.2, 0) is 4.79 Å². The number of nitrogens with one attached hydrogen (secondary N) is 2. The van der Waals surface area contributed by atoms with Crippen LogP contribution in [0.25, 0.3) is 0 Å². The van der Waals surface area contributed by atoms with E-state index >= 15 is 0 Å². The number of rotatable bonds is 6. The molecule has 0 aliphatic rings. The summed E-state index contributed by atoms with van der Waals surface area (Å²) in [4.78, 5) is 22.8. The lowest BCUT2D eigenvalue weighted by Crippen LogP contribution is -2.43. The monoisotopic (exact) mass is 394 g/mol. The van der Waals surface area contributed by atoms with Gasteiger partial charge in [0, 0.05) is 3.57 Å². The lowest BCUT2D eigenvalue weighted by atomic mass is 10.1. The van der Waals surface area contributed by atoms with Gasteiger partial charge < -0.3 is 15.7 Å². The second-order valence-corrected chi connectivity index (χ2v) is 5.42. The summed E-state index contributed by atoms with van der Waals surface area (Å²) in [5, 5.41) is 13.9. The maximum absolute atomic E-state index is 12.9. The van der Waals surface area contributed by atoms with E-state index in [1.54, 1.807) is 0 Å². The summed E-state index contributed by atoms with van der Waals surface area (Å²) in [6.45, 7) is 1.94. The Hall–Kier alpha value is -1.38. The first-order valence-electron chi connectivity index (χ1n) is 6.19. The predicted octanol–water partition coefficient (Wildman–Crippen LogP) is 3.20. The molecule has 20 heavy (non-hydrogen) atoms. The van der Waals surface area contributed by atoms with E-state index in [1.165, 1.54) is 18.2 Å². The minimum Gasteiger partial charge on any atom is -0.480 e. The van der Waals surface area contributed by atoms with E-state index in [-0.39, 0.29) is 0 Å². The summed E-state index contributed by atoms with van der Waals surface area (Å²) in [7, 11) is 0. The van der Waals surface area contributed by atoms with E-state index in [4.69, 9.17) is 5.11 Å². The summed E-state index contributed by atoms with van der Waals surface area (Å²) < 4.78 is 13.5. The van der Waals surface area contributed by atoms with Gasteiger partial charge in [0.25, 0.3) is 0 Å². The van der Waals surface area contributed by atoms with Gasteiger partial charge >= 0.3 is 12.0 Å². The summed E-state index contributed by atoms with van der Waals surface area (Å²) in [6.07, 6.45) is 1.94. The van der Waals surface area contributed by atoms with Crippen LogP contribution in [0.5, 0.6) is 0 Å². The van der Waals surface area contributed by atoms with E-state index in [2.05, 4.69) is 10.6 Å². The Balaban J connectivity index is 2.63. The molecular formula is C13H16FIN2O3. The van der Waals surface area contributed by atoms with Gasteiger partial charge in [-0.2, -0.15) is 0 Å². The zero-order valence-electron chi connectivity index (χ0n) is 11.0. The zero-order chi connectivity index (χ0) is 15.1. The Morgan fingerprint density at radius 3 is 2.70 bits per heavy atom. The van der Waals surface area contributed by atoms with Gasteiger partial charge in [-0.15, -0.1) is 0 Å². The van der Waals surface area contributed by atoms with Crippen molar-refractivity contribution in [2.45, 2.75) is 32.2 Å². The molecule has 110 valence electrons. The average molecular weight is 394 g/mol. The van der Waals surface area contributed by atoms with Gasteiger partial charge in [-0.05, 0) is 47.2 Å². The molecule has 0 fully saturated rings. The number of anilines is 1. The number of aliphatic carboxylic acids is 1. The third-order valence-corrected chi connectivity index (χ3v) is 3.52. The minimum absolute atomic E-state index is 0.375. The number of unbranched alkanes of at least 4 members (excludes halogenated alkanes) is 1. The number of hydrogen-bond acceptors (Lipinski definition) is 2. The van der Waals surface area contributed by atoms with E-state index in [9.17, 15) is 14.0 Å². The van der Waals surface area contributed by atoms with Gasteiger partial charge in [-0.25, -0.2) is 14.0 Å². The van der Waals surface area contributed by atoms with Crippen LogP contribution in [0.1, 0.15) is 26.2 Å². The number of amides is 2. The normalized spacial score (nSPS) is 11.8. The zero-order valence-corrected chi connectivity index (χ0v) is 13.1. The smallest absolute Gasteiger partial charge is 0.326 e. The van der Waals surface area contributed by atoms with Crippen LogP contribution in [0.15, 0.2) is 18.2 Å². The SMILES string of the molecule is CCCCC(NC(=O)Nc1ccc(F)cc1I)C(=O)O. The lowest BCUT2D eigenvalue weighted by Gasteiger charge is -2.15. The van der Waals surface area contributed by atoms with Crippen molar-refractivity contribution in [3.05, 3.63) is 27.6 Å². The fourth-order valence-corrected chi connectivity index (χ4v) is 2.19. The van der Waals surface area contributed by atoms with Crippen LogP contribution < -0.4 is 10.6 Å². The number of hydrogen-bond donors (Lipinski definition) is 3. The van der Waals surface area contributed by atoms with Gasteiger partial charge in [-0.3, -0.25) is 0 Å². The molecule has 1 unspecified atom stereocenters. The maximum atomic E-state index is 12.9. The van der Waals surface area contributed by atoms with Crippen molar-refractivity contribution >= 4 is 40.3 Å². The van der Waals surface area contributed by atoms with Crippen molar-refractivity contribution in [1.29, 1.82) is 0 Å². The second kappa shape index (κ2) is 8.03. The molecule has 5 nitrogen and oxygen atoms in total. The molecular weight excluding hydrogens is 378 g/mol. The molecule has 0 saturated carbocycles. The molecule has 0 radical (unpaired) electrons. The van der Waals surface area contributed by atoms with Crippen molar-refractivity contribution in [2.24, 2.45) is 0 Å². The number of halogens is 2. The van der Waals surface area contributed by atoms with Gasteiger partial charge in [-0.1, -0.05) is 19.8 Å². The van der Waals surface area contributed by atoms with Gasteiger partial charge in [0.05, 0.1) is 5.69 Å². The largest absolute Gasteiger partial charge is 0.480 e. The number of carbonyl (C=O) groups excluding carboxylic acids is 1. The molecule has 1 aromatic carbocycles. The molecule has 1 atom stereocenters. The Morgan fingerprint density at radius 1 is 1.45 bits per heavy atom. The highest BCUT2D eigenvalue weighted by molar-refractivity contribution is 14.1. The van der Waals surface area contributed by atoms with E-state index < -0.39 is 23.9 Å². The minimum atomic E-state index is -1.07. The standard InChI is InChI=1S/C13H16FIN2O3/c1-2-3-4-11(12(18)19)17-13(20)16-10-6-5-8(14)7-9(10)15/h5-7,11H,2-4H2,1H3,(H,18,19)(H2,16,17,20). The highest BCUT2D eigenvalue weighted by atomic mass is 127. The number of urea groups is 1. The summed E-state index contributed by atoms with van der Waals surface area (Å²) >= 11 is 1.89. The second-order valence-electron chi connectivity index (χ2n) is 4.26. The molecule has 0 bridgehead atoms. The number of carboxylic acids is 1. The molecule has 0 saturated heterocycles. The fraction of sp³-hybridized carbons (Fsp3) is 0.385. The third kappa shape index (κ3) is 5.32. The first-order valence-corrected chi connectivity index (χ1v) is 7.27. The van der Waals surface area contributed by atoms with E-state index in [1.807, 2.05) is 29.5 Å². The molecule has 2 amide bonds. The summed E-state index contributed by atoms with van der Waals surface area (Å²) in [5.74, 6) is -1.46. The van der Waals surface area contributed by atoms with Crippen LogP contribution in [0.3, 0.4) is 0 Å². The van der Waals surface area contributed by atoms with Crippen LogP contribution in [0.4, 0.5) is 14.9 Å². The van der Waals surface area contributed by atoms with Crippen molar-refractivity contribution < 1.29 is 19.1 Å². The van der Waals surface area contributed by atoms with Gasteiger partial charge in [0.1, 0.15) is 11.9 Å². The maximum Gasteiger partial charge on any atom is 0.326 e. The molecule has 3 N–H and O–H groups in total. The van der Waals surface area contributed by atoms with Gasteiger partial charge in [0.2, 0.25) is 0 Å². The highest BCUT2D eigenvalue weighted by Crippen LogP contribution is 2.18. The Kier molecular flexibility index (Phi) is 6.69. The molecule has 0 aliphatic heterocycles. The Labute approximate surface area is 130 Å². The van der Waals surface area contributed by atoms with E-state index in [0.29, 0.717) is 22.1 Å². The molecule has 1 aromatic rings. The average Bonchev–Trinajstić information content (AvgIpc) is 2.37. The molecule has 0 spiro atoms. The predicted molar refractivity (Wildman–Crippen MR) is 82.2 cm³/mol. The first-order chi connectivity index (χ1) is 9.43. The topological polar surface area (TPSA) is 78.4 Å².